The van der Waals surface area contributed by atoms with Gasteiger partial charge < -0.3 is 29.4 Å². The molecule has 0 saturated carbocycles. The molecule has 1 fully saturated rings. The molecule has 6 nitrogen and oxygen atoms in total. The van der Waals surface area contributed by atoms with Gasteiger partial charge in [-0.2, -0.15) is 0 Å². The van der Waals surface area contributed by atoms with Gasteiger partial charge in [-0.15, -0.1) is 23.5 Å². The van der Waals surface area contributed by atoms with Gasteiger partial charge in [-0.25, -0.2) is 0 Å². The first-order valence-corrected chi connectivity index (χ1v) is 11.3. The van der Waals surface area contributed by atoms with Crippen molar-refractivity contribution in [2.45, 2.75) is 9.83 Å². The molecule has 0 unspecified atom stereocenters. The smallest absolute Gasteiger partial charge is 0.203 e. The van der Waals surface area contributed by atoms with E-state index in [0.29, 0.717) is 41.0 Å². The second-order valence-electron chi connectivity index (χ2n) is 6.49. The molecule has 3 rings (SSSR count). The van der Waals surface area contributed by atoms with Crippen molar-refractivity contribution in [2.24, 2.45) is 0 Å². The van der Waals surface area contributed by atoms with Crippen molar-refractivity contribution in [1.29, 1.82) is 0 Å². The van der Waals surface area contributed by atoms with Gasteiger partial charge in [-0.3, -0.25) is 0 Å². The number of thioether (sulfide) groups is 2. The molecule has 2 atom stereocenters. The van der Waals surface area contributed by atoms with Crippen molar-refractivity contribution in [2.75, 3.05) is 46.5 Å². The van der Waals surface area contributed by atoms with Gasteiger partial charge in [0, 0.05) is 11.0 Å². The predicted molar refractivity (Wildman–Crippen MR) is 125 cm³/mol. The Labute approximate surface area is 186 Å². The van der Waals surface area contributed by atoms with E-state index in [1.165, 1.54) is 0 Å². The van der Waals surface area contributed by atoms with Gasteiger partial charge in [0.2, 0.25) is 5.75 Å². The van der Waals surface area contributed by atoms with Gasteiger partial charge >= 0.3 is 0 Å². The van der Waals surface area contributed by atoms with Crippen LogP contribution >= 0.6 is 23.5 Å². The Balaban J connectivity index is 1.85. The quantitative estimate of drug-likeness (QED) is 0.419. The number of rotatable bonds is 9. The molecular weight excluding hydrogens is 422 g/mol. The molecule has 2 N–H and O–H groups in total. The van der Waals surface area contributed by atoms with Crippen LogP contribution in [0.5, 0.6) is 28.7 Å². The number of hydrogen-bond acceptors (Lipinski definition) is 8. The van der Waals surface area contributed by atoms with Gasteiger partial charge in [-0.05, 0) is 35.4 Å². The minimum absolute atomic E-state index is 0.221. The molecule has 1 heterocycles. The molecule has 2 aromatic carbocycles. The second kappa shape index (κ2) is 10.1. The molecule has 0 bridgehead atoms. The summed E-state index contributed by atoms with van der Waals surface area (Å²) in [7, 11) is 6.49. The zero-order chi connectivity index (χ0) is 21.7. The minimum atomic E-state index is 0.221. The SMILES string of the molecule is C=CCOc1c(N)cc([C@@H]2SC[C@@H](c3cc(OC)c(OC)c(OC)c3)S2)cc1OC. The van der Waals surface area contributed by atoms with E-state index in [2.05, 4.69) is 6.58 Å². The van der Waals surface area contributed by atoms with Gasteiger partial charge in [0.15, 0.2) is 23.0 Å². The Kier molecular flexibility index (Phi) is 7.55. The Morgan fingerprint density at radius 1 is 0.933 bits per heavy atom. The van der Waals surface area contributed by atoms with Crippen LogP contribution in [-0.4, -0.2) is 40.8 Å². The molecular formula is C22H27NO5S2. The van der Waals surface area contributed by atoms with Crippen molar-refractivity contribution >= 4 is 29.2 Å². The Bertz CT molecular complexity index is 880. The summed E-state index contributed by atoms with van der Waals surface area (Å²) >= 11 is 3.73. The summed E-state index contributed by atoms with van der Waals surface area (Å²) in [6, 6.07) is 7.99. The summed E-state index contributed by atoms with van der Waals surface area (Å²) in [6.07, 6.45) is 1.68. The van der Waals surface area contributed by atoms with E-state index in [-0.39, 0.29) is 9.83 Å². The monoisotopic (exact) mass is 449 g/mol. The molecule has 0 amide bonds. The third kappa shape index (κ3) is 4.54. The molecule has 0 aliphatic carbocycles. The maximum Gasteiger partial charge on any atom is 0.203 e. The standard InChI is InChI=1S/C22H27NO5S2/c1-6-7-28-20-15(23)8-14(11-16(20)24-2)22-29-12-19(30-22)13-9-17(25-3)21(27-5)18(10-13)26-4/h6,8-11,19,22H,1,7,12,23H2,2-5H3/t19-,22+/m0/s1. The van der Waals surface area contributed by atoms with Crippen LogP contribution < -0.4 is 29.4 Å². The Morgan fingerprint density at radius 2 is 1.53 bits per heavy atom. The summed E-state index contributed by atoms with van der Waals surface area (Å²) < 4.78 is 27.9. The minimum Gasteiger partial charge on any atom is -0.493 e. The van der Waals surface area contributed by atoms with E-state index in [9.17, 15) is 0 Å². The van der Waals surface area contributed by atoms with E-state index in [1.807, 2.05) is 47.8 Å². The van der Waals surface area contributed by atoms with Crippen molar-refractivity contribution < 1.29 is 23.7 Å². The molecule has 1 aliphatic rings. The number of nitrogens with two attached hydrogens (primary N) is 1. The summed E-state index contributed by atoms with van der Waals surface area (Å²) in [5.74, 6) is 4.06. The van der Waals surface area contributed by atoms with Crippen LogP contribution in [0.2, 0.25) is 0 Å². The van der Waals surface area contributed by atoms with Crippen LogP contribution in [-0.2, 0) is 0 Å². The van der Waals surface area contributed by atoms with Crippen LogP contribution in [0.4, 0.5) is 5.69 Å². The topological polar surface area (TPSA) is 72.2 Å². The number of nitrogen functional groups attached to an aromatic ring is 1. The van der Waals surface area contributed by atoms with Crippen molar-refractivity contribution in [1.82, 2.24) is 0 Å². The van der Waals surface area contributed by atoms with Crippen LogP contribution in [0.1, 0.15) is 21.0 Å². The highest BCUT2D eigenvalue weighted by atomic mass is 32.2. The molecule has 0 radical (unpaired) electrons. The van der Waals surface area contributed by atoms with Crippen molar-refractivity contribution in [3.8, 4) is 28.7 Å². The third-order valence-electron chi connectivity index (χ3n) is 4.69. The fraction of sp³-hybridized carbons (Fsp3) is 0.364. The van der Waals surface area contributed by atoms with Crippen LogP contribution in [0.25, 0.3) is 0 Å². The van der Waals surface area contributed by atoms with Gasteiger partial charge in [0.25, 0.3) is 0 Å². The highest BCUT2D eigenvalue weighted by Gasteiger charge is 2.31. The first-order valence-electron chi connectivity index (χ1n) is 9.34. The number of hydrogen-bond donors (Lipinski definition) is 1. The fourth-order valence-electron chi connectivity index (χ4n) is 3.27. The lowest BCUT2D eigenvalue weighted by Crippen LogP contribution is -2.02. The lowest BCUT2D eigenvalue weighted by Gasteiger charge is -2.18. The van der Waals surface area contributed by atoms with Crippen LogP contribution in [0.15, 0.2) is 36.9 Å². The summed E-state index contributed by atoms with van der Waals surface area (Å²) in [4.78, 5) is 0. The zero-order valence-electron chi connectivity index (χ0n) is 17.6. The second-order valence-corrected chi connectivity index (χ2v) is 9.24. The Hall–Kier alpha value is -2.32. The largest absolute Gasteiger partial charge is 0.493 e. The Morgan fingerprint density at radius 3 is 2.10 bits per heavy atom. The molecule has 1 saturated heterocycles. The zero-order valence-corrected chi connectivity index (χ0v) is 19.2. The molecule has 30 heavy (non-hydrogen) atoms. The highest BCUT2D eigenvalue weighted by molar-refractivity contribution is 8.19. The van der Waals surface area contributed by atoms with E-state index >= 15 is 0 Å². The number of methoxy groups -OCH3 is 4. The van der Waals surface area contributed by atoms with E-state index in [1.54, 1.807) is 34.5 Å². The molecule has 2 aromatic rings. The van der Waals surface area contributed by atoms with Gasteiger partial charge in [0.05, 0.1) is 38.7 Å². The highest BCUT2D eigenvalue weighted by Crippen LogP contribution is 2.58. The van der Waals surface area contributed by atoms with Gasteiger partial charge in [-0.1, -0.05) is 12.7 Å². The van der Waals surface area contributed by atoms with Crippen molar-refractivity contribution in [3.63, 3.8) is 0 Å². The maximum atomic E-state index is 6.25. The molecule has 162 valence electrons. The molecule has 0 aromatic heterocycles. The lowest BCUT2D eigenvalue weighted by atomic mass is 10.1. The van der Waals surface area contributed by atoms with E-state index in [0.717, 1.165) is 16.9 Å². The molecule has 1 aliphatic heterocycles. The van der Waals surface area contributed by atoms with Crippen molar-refractivity contribution in [3.05, 3.63) is 48.0 Å². The van der Waals surface area contributed by atoms with E-state index in [4.69, 9.17) is 29.4 Å². The normalized spacial score (nSPS) is 18.0. The predicted octanol–water partition coefficient (Wildman–Crippen LogP) is 5.09. The number of anilines is 1. The first kappa shape index (κ1) is 22.4. The molecule has 8 heteroatoms. The lowest BCUT2D eigenvalue weighted by molar-refractivity contribution is 0.324. The number of benzene rings is 2. The first-order chi connectivity index (χ1) is 14.6. The van der Waals surface area contributed by atoms with Gasteiger partial charge in [0.1, 0.15) is 6.61 Å². The molecule has 0 spiro atoms. The summed E-state index contributed by atoms with van der Waals surface area (Å²) in [6.45, 7) is 4.05. The maximum absolute atomic E-state index is 6.25. The average molecular weight is 450 g/mol. The number of ether oxygens (including phenoxy) is 5. The fourth-order valence-corrected chi connectivity index (χ4v) is 6.53. The summed E-state index contributed by atoms with van der Waals surface area (Å²) in [5.41, 5.74) is 9.05. The summed E-state index contributed by atoms with van der Waals surface area (Å²) in [5, 5.41) is 0.276. The van der Waals surface area contributed by atoms with E-state index < -0.39 is 0 Å². The van der Waals surface area contributed by atoms with Crippen LogP contribution in [0.3, 0.4) is 0 Å². The van der Waals surface area contributed by atoms with Crippen LogP contribution in [0, 0.1) is 0 Å². The average Bonchev–Trinajstić information content (AvgIpc) is 3.27. The third-order valence-corrected chi connectivity index (χ3v) is 8.03.